The summed E-state index contributed by atoms with van der Waals surface area (Å²) in [5, 5.41) is 8.98. The van der Waals surface area contributed by atoms with Crippen molar-refractivity contribution in [2.24, 2.45) is 0 Å². The number of benzene rings is 2. The Morgan fingerprint density at radius 2 is 1.91 bits per heavy atom. The second-order valence-electron chi connectivity index (χ2n) is 4.92. The van der Waals surface area contributed by atoms with Gasteiger partial charge in [-0.25, -0.2) is 4.39 Å². The van der Waals surface area contributed by atoms with E-state index in [9.17, 15) is 4.39 Å². The molecule has 0 saturated heterocycles. The van der Waals surface area contributed by atoms with Gasteiger partial charge in [0.2, 0.25) is 0 Å². The van der Waals surface area contributed by atoms with Crippen molar-refractivity contribution in [3.05, 3.63) is 66.2 Å². The predicted octanol–water partition coefficient (Wildman–Crippen LogP) is 3.89. The van der Waals surface area contributed by atoms with E-state index in [1.807, 2.05) is 22.8 Å². The smallest absolute Gasteiger partial charge is 0.195 e. The molecule has 0 bridgehead atoms. The maximum absolute atomic E-state index is 12.8. The topological polar surface area (TPSA) is 39.9 Å². The summed E-state index contributed by atoms with van der Waals surface area (Å²) in [5.74, 6) is 1.12. The molecule has 0 unspecified atom stereocenters. The number of halogens is 1. The van der Waals surface area contributed by atoms with Crippen molar-refractivity contribution in [2.45, 2.75) is 12.1 Å². The van der Waals surface area contributed by atoms with Gasteiger partial charge in [0, 0.05) is 5.75 Å². The second-order valence-corrected chi connectivity index (χ2v) is 5.98. The van der Waals surface area contributed by atoms with Crippen molar-refractivity contribution < 1.29 is 9.13 Å². The minimum absolute atomic E-state index is 0.266. The fourth-order valence-electron chi connectivity index (χ4n) is 2.15. The Hall–Kier alpha value is -2.34. The first-order chi connectivity index (χ1) is 11.2. The van der Waals surface area contributed by atoms with E-state index in [4.69, 9.17) is 4.74 Å². The van der Waals surface area contributed by atoms with Gasteiger partial charge in [0.05, 0.1) is 12.3 Å². The van der Waals surface area contributed by atoms with Crippen LogP contribution in [0.4, 0.5) is 4.39 Å². The van der Waals surface area contributed by atoms with Gasteiger partial charge < -0.3 is 4.74 Å². The Kier molecular flexibility index (Phi) is 4.92. The van der Waals surface area contributed by atoms with Gasteiger partial charge in [0.25, 0.3) is 0 Å². The standard InChI is InChI=1S/C17H16FN3OS/c1-13-4-2-3-5-16(13)21-12-19-20-17(21)23-11-10-22-15-8-6-14(18)7-9-15/h2-9,12H,10-11H2,1H3. The van der Waals surface area contributed by atoms with Crippen molar-refractivity contribution in [2.75, 3.05) is 12.4 Å². The Bertz CT molecular complexity index is 774. The van der Waals surface area contributed by atoms with Gasteiger partial charge in [-0.2, -0.15) is 0 Å². The lowest BCUT2D eigenvalue weighted by Gasteiger charge is -2.09. The van der Waals surface area contributed by atoms with E-state index in [-0.39, 0.29) is 5.82 Å². The molecule has 0 radical (unpaired) electrons. The molecule has 0 spiro atoms. The zero-order chi connectivity index (χ0) is 16.1. The Balaban J connectivity index is 1.58. The molecule has 6 heteroatoms. The van der Waals surface area contributed by atoms with Crippen molar-refractivity contribution >= 4 is 11.8 Å². The summed E-state index contributed by atoms with van der Waals surface area (Å²) in [7, 11) is 0. The van der Waals surface area contributed by atoms with Gasteiger partial charge in [0.1, 0.15) is 17.9 Å². The number of thioether (sulfide) groups is 1. The maximum atomic E-state index is 12.8. The number of aryl methyl sites for hydroxylation is 1. The van der Waals surface area contributed by atoms with Crippen LogP contribution in [0.15, 0.2) is 60.0 Å². The van der Waals surface area contributed by atoms with Crippen LogP contribution in [0.3, 0.4) is 0 Å². The Labute approximate surface area is 138 Å². The zero-order valence-corrected chi connectivity index (χ0v) is 13.5. The van der Waals surface area contributed by atoms with Crippen LogP contribution < -0.4 is 4.74 Å². The van der Waals surface area contributed by atoms with Crippen LogP contribution in [0.5, 0.6) is 5.75 Å². The normalized spacial score (nSPS) is 10.7. The lowest BCUT2D eigenvalue weighted by Crippen LogP contribution is -2.03. The fraction of sp³-hybridized carbons (Fsp3) is 0.176. The predicted molar refractivity (Wildman–Crippen MR) is 88.7 cm³/mol. The summed E-state index contributed by atoms with van der Waals surface area (Å²) in [6, 6.07) is 14.1. The minimum Gasteiger partial charge on any atom is -0.493 e. The lowest BCUT2D eigenvalue weighted by molar-refractivity contribution is 0.343. The largest absolute Gasteiger partial charge is 0.493 e. The zero-order valence-electron chi connectivity index (χ0n) is 12.6. The van der Waals surface area contributed by atoms with Gasteiger partial charge in [-0.3, -0.25) is 4.57 Å². The molecular formula is C17H16FN3OS. The van der Waals surface area contributed by atoms with E-state index in [0.717, 1.165) is 22.2 Å². The van der Waals surface area contributed by atoms with E-state index >= 15 is 0 Å². The number of aromatic nitrogens is 3. The van der Waals surface area contributed by atoms with Crippen LogP contribution in [-0.4, -0.2) is 27.1 Å². The Morgan fingerprint density at radius 1 is 1.13 bits per heavy atom. The van der Waals surface area contributed by atoms with Crippen LogP contribution in [0, 0.1) is 12.7 Å². The molecule has 1 heterocycles. The summed E-state index contributed by atoms with van der Waals surface area (Å²) < 4.78 is 20.4. The summed E-state index contributed by atoms with van der Waals surface area (Å²) >= 11 is 1.57. The van der Waals surface area contributed by atoms with E-state index in [2.05, 4.69) is 23.2 Å². The molecule has 0 aliphatic rings. The highest BCUT2D eigenvalue weighted by molar-refractivity contribution is 7.99. The molecule has 0 aliphatic heterocycles. The van der Waals surface area contributed by atoms with E-state index in [0.29, 0.717) is 12.4 Å². The van der Waals surface area contributed by atoms with E-state index in [1.54, 1.807) is 30.2 Å². The van der Waals surface area contributed by atoms with Crippen molar-refractivity contribution in [1.29, 1.82) is 0 Å². The highest BCUT2D eigenvalue weighted by atomic mass is 32.2. The number of rotatable bonds is 6. The minimum atomic E-state index is -0.266. The van der Waals surface area contributed by atoms with Crippen LogP contribution in [-0.2, 0) is 0 Å². The first kappa shape index (κ1) is 15.6. The summed E-state index contributed by atoms with van der Waals surface area (Å²) in [4.78, 5) is 0. The lowest BCUT2D eigenvalue weighted by atomic mass is 10.2. The highest BCUT2D eigenvalue weighted by Crippen LogP contribution is 2.21. The summed E-state index contributed by atoms with van der Waals surface area (Å²) in [6.45, 7) is 2.57. The first-order valence-corrected chi connectivity index (χ1v) is 8.20. The van der Waals surface area contributed by atoms with Crippen LogP contribution in [0.2, 0.25) is 0 Å². The quantitative estimate of drug-likeness (QED) is 0.508. The van der Waals surface area contributed by atoms with Gasteiger partial charge in [-0.1, -0.05) is 30.0 Å². The molecule has 3 aromatic rings. The molecule has 0 aliphatic carbocycles. The fourth-order valence-corrected chi connectivity index (χ4v) is 2.88. The Morgan fingerprint density at radius 3 is 2.70 bits per heavy atom. The van der Waals surface area contributed by atoms with E-state index in [1.165, 1.54) is 12.1 Å². The molecule has 2 aromatic carbocycles. The third kappa shape index (κ3) is 3.90. The van der Waals surface area contributed by atoms with Crippen molar-refractivity contribution in [3.63, 3.8) is 0 Å². The summed E-state index contributed by atoms with van der Waals surface area (Å²) in [5.41, 5.74) is 2.23. The third-order valence-corrected chi connectivity index (χ3v) is 4.20. The van der Waals surface area contributed by atoms with Crippen LogP contribution in [0.25, 0.3) is 5.69 Å². The first-order valence-electron chi connectivity index (χ1n) is 7.21. The number of nitrogens with zero attached hydrogens (tertiary/aromatic N) is 3. The van der Waals surface area contributed by atoms with E-state index < -0.39 is 0 Å². The van der Waals surface area contributed by atoms with Gasteiger partial charge in [-0.05, 0) is 42.8 Å². The number of hydrogen-bond acceptors (Lipinski definition) is 4. The molecule has 0 N–H and O–H groups in total. The third-order valence-electron chi connectivity index (χ3n) is 3.29. The molecule has 0 atom stereocenters. The second kappa shape index (κ2) is 7.28. The highest BCUT2D eigenvalue weighted by Gasteiger charge is 2.08. The van der Waals surface area contributed by atoms with Crippen molar-refractivity contribution in [3.8, 4) is 11.4 Å². The molecule has 1 aromatic heterocycles. The number of ether oxygens (including phenoxy) is 1. The monoisotopic (exact) mass is 329 g/mol. The molecule has 118 valence electrons. The molecule has 0 saturated carbocycles. The molecule has 0 fully saturated rings. The average molecular weight is 329 g/mol. The molecule has 4 nitrogen and oxygen atoms in total. The van der Waals surface area contributed by atoms with Crippen LogP contribution >= 0.6 is 11.8 Å². The number of hydrogen-bond donors (Lipinski definition) is 0. The average Bonchev–Trinajstić information content (AvgIpc) is 3.02. The SMILES string of the molecule is Cc1ccccc1-n1cnnc1SCCOc1ccc(F)cc1. The van der Waals surface area contributed by atoms with Gasteiger partial charge in [0.15, 0.2) is 5.16 Å². The van der Waals surface area contributed by atoms with Crippen molar-refractivity contribution in [1.82, 2.24) is 14.8 Å². The molecule has 3 rings (SSSR count). The van der Waals surface area contributed by atoms with Gasteiger partial charge >= 0.3 is 0 Å². The molecule has 23 heavy (non-hydrogen) atoms. The summed E-state index contributed by atoms with van der Waals surface area (Å²) in [6.07, 6.45) is 1.71. The number of para-hydroxylation sites is 1. The molecule has 0 amide bonds. The van der Waals surface area contributed by atoms with Gasteiger partial charge in [-0.15, -0.1) is 10.2 Å². The molecular weight excluding hydrogens is 313 g/mol. The van der Waals surface area contributed by atoms with Crippen LogP contribution in [0.1, 0.15) is 5.56 Å². The maximum Gasteiger partial charge on any atom is 0.195 e.